The van der Waals surface area contributed by atoms with E-state index in [0.717, 1.165) is 21.9 Å². The molecule has 1 fully saturated rings. The minimum absolute atomic E-state index is 0.117. The maximum atomic E-state index is 10.5. The number of aliphatic hydroxyl groups is 2. The zero-order valence-electron chi connectivity index (χ0n) is 13.4. The predicted molar refractivity (Wildman–Crippen MR) is 97.5 cm³/mol. The number of epoxide rings is 1. The van der Waals surface area contributed by atoms with Gasteiger partial charge < -0.3 is 14.9 Å². The average Bonchev–Trinajstić information content (AvgIpc) is 3.45. The van der Waals surface area contributed by atoms with Gasteiger partial charge >= 0.3 is 0 Å². The SMILES string of the molecule is O[C@H]1[C@@H]2O[C@@H]2c2c(ccc3ccc4c5ccccc5ccc4c23)[C@@H]1O. The molecule has 122 valence electrons. The van der Waals surface area contributed by atoms with Gasteiger partial charge in [0.2, 0.25) is 0 Å². The molecule has 3 heteroatoms. The van der Waals surface area contributed by atoms with Gasteiger partial charge in [-0.25, -0.2) is 0 Å². The van der Waals surface area contributed by atoms with Crippen molar-refractivity contribution >= 4 is 32.3 Å². The van der Waals surface area contributed by atoms with Crippen molar-refractivity contribution in [2.24, 2.45) is 0 Å². The lowest BCUT2D eigenvalue weighted by molar-refractivity contribution is 0.000109. The lowest BCUT2D eigenvalue weighted by Crippen LogP contribution is -2.29. The average molecular weight is 328 g/mol. The lowest BCUT2D eigenvalue weighted by atomic mass is 9.82. The number of aliphatic hydroxyl groups excluding tert-OH is 2. The summed E-state index contributed by atoms with van der Waals surface area (Å²) in [5.41, 5.74) is 1.83. The standard InChI is InChI=1S/C22H16O3/c23-19-16-10-7-12-6-8-14-13-4-2-1-3-11(13)5-9-15(14)17(12)18(16)21-22(25-21)20(19)24/h1-10,19-24H/t19-,20+,21+,22-/m0/s1. The third kappa shape index (κ3) is 1.70. The molecular weight excluding hydrogens is 312 g/mol. The van der Waals surface area contributed by atoms with Gasteiger partial charge in [0.1, 0.15) is 24.4 Å². The molecule has 6 rings (SSSR count). The van der Waals surface area contributed by atoms with Crippen molar-refractivity contribution in [1.29, 1.82) is 0 Å². The maximum Gasteiger partial charge on any atom is 0.118 e. The molecule has 0 saturated carbocycles. The Morgan fingerprint density at radius 3 is 2.40 bits per heavy atom. The third-order valence-electron chi connectivity index (χ3n) is 5.77. The van der Waals surface area contributed by atoms with E-state index < -0.39 is 12.2 Å². The van der Waals surface area contributed by atoms with Gasteiger partial charge in [-0.1, -0.05) is 60.7 Å². The van der Waals surface area contributed by atoms with Gasteiger partial charge in [0.25, 0.3) is 0 Å². The maximum absolute atomic E-state index is 10.5. The van der Waals surface area contributed by atoms with Gasteiger partial charge in [-0.2, -0.15) is 0 Å². The first kappa shape index (κ1) is 13.8. The van der Waals surface area contributed by atoms with Gasteiger partial charge in [-0.15, -0.1) is 0 Å². The zero-order valence-corrected chi connectivity index (χ0v) is 13.4. The normalized spacial score (nSPS) is 27.4. The quantitative estimate of drug-likeness (QED) is 0.379. The Balaban J connectivity index is 1.80. The molecule has 25 heavy (non-hydrogen) atoms. The van der Waals surface area contributed by atoms with Gasteiger partial charge in [-0.05, 0) is 43.4 Å². The number of hydrogen-bond donors (Lipinski definition) is 2. The predicted octanol–water partition coefficient (Wildman–Crippen LogP) is 3.99. The van der Waals surface area contributed by atoms with Crippen LogP contribution in [0.1, 0.15) is 23.3 Å². The summed E-state index contributed by atoms with van der Waals surface area (Å²) in [4.78, 5) is 0. The van der Waals surface area contributed by atoms with Crippen molar-refractivity contribution in [2.45, 2.75) is 24.4 Å². The van der Waals surface area contributed by atoms with Crippen LogP contribution < -0.4 is 0 Å². The first-order chi connectivity index (χ1) is 12.2. The molecule has 2 N–H and O–H groups in total. The van der Waals surface area contributed by atoms with Crippen LogP contribution in [0.25, 0.3) is 32.3 Å². The highest BCUT2D eigenvalue weighted by atomic mass is 16.6. The van der Waals surface area contributed by atoms with Crippen LogP contribution in [0.5, 0.6) is 0 Å². The fourth-order valence-electron chi connectivity index (χ4n) is 4.50. The second-order valence-electron chi connectivity index (χ2n) is 7.07. The van der Waals surface area contributed by atoms with Crippen molar-refractivity contribution in [1.82, 2.24) is 0 Å². The van der Waals surface area contributed by atoms with E-state index in [1.807, 2.05) is 12.1 Å². The van der Waals surface area contributed by atoms with Crippen LogP contribution >= 0.6 is 0 Å². The molecule has 4 atom stereocenters. The molecule has 0 aromatic heterocycles. The van der Waals surface area contributed by atoms with Gasteiger partial charge in [0, 0.05) is 0 Å². The Morgan fingerprint density at radius 1 is 0.720 bits per heavy atom. The molecule has 0 unspecified atom stereocenters. The molecule has 1 saturated heterocycles. The number of ether oxygens (including phenoxy) is 1. The van der Waals surface area contributed by atoms with Crippen molar-refractivity contribution in [3.63, 3.8) is 0 Å². The van der Waals surface area contributed by atoms with Crippen molar-refractivity contribution in [2.75, 3.05) is 0 Å². The Kier molecular flexibility index (Phi) is 2.53. The molecule has 0 amide bonds. The van der Waals surface area contributed by atoms with E-state index in [0.29, 0.717) is 0 Å². The van der Waals surface area contributed by atoms with Gasteiger partial charge in [-0.3, -0.25) is 0 Å². The summed E-state index contributed by atoms with van der Waals surface area (Å²) in [6, 6.07) is 21.0. The Hall–Kier alpha value is -2.46. The molecule has 2 aliphatic rings. The Bertz CT molecular complexity index is 1180. The number of fused-ring (bicyclic) bond motifs is 9. The smallest absolute Gasteiger partial charge is 0.118 e. The fourth-order valence-corrected chi connectivity index (χ4v) is 4.50. The van der Waals surface area contributed by atoms with Crippen molar-refractivity contribution in [3.8, 4) is 0 Å². The molecular formula is C22H16O3. The molecule has 0 radical (unpaired) electrons. The van der Waals surface area contributed by atoms with E-state index in [4.69, 9.17) is 4.74 Å². The van der Waals surface area contributed by atoms with Gasteiger partial charge in [0.15, 0.2) is 0 Å². The number of hydrogen-bond acceptors (Lipinski definition) is 3. The van der Waals surface area contributed by atoms with E-state index in [9.17, 15) is 10.2 Å². The molecule has 0 bridgehead atoms. The van der Waals surface area contributed by atoms with E-state index in [-0.39, 0.29) is 12.2 Å². The van der Waals surface area contributed by atoms with E-state index in [1.54, 1.807) is 0 Å². The molecule has 4 aromatic rings. The van der Waals surface area contributed by atoms with Crippen LogP contribution in [0.4, 0.5) is 0 Å². The second-order valence-corrected chi connectivity index (χ2v) is 7.07. The van der Waals surface area contributed by atoms with E-state index in [2.05, 4.69) is 48.5 Å². The van der Waals surface area contributed by atoms with Crippen LogP contribution in [0.3, 0.4) is 0 Å². The van der Waals surface area contributed by atoms with Crippen molar-refractivity contribution < 1.29 is 14.9 Å². The molecule has 4 aromatic carbocycles. The van der Waals surface area contributed by atoms with E-state index >= 15 is 0 Å². The fraction of sp³-hybridized carbons (Fsp3) is 0.182. The van der Waals surface area contributed by atoms with Crippen molar-refractivity contribution in [3.05, 3.63) is 71.8 Å². The number of benzene rings is 4. The molecule has 0 spiro atoms. The summed E-state index contributed by atoms with van der Waals surface area (Å²) in [6.07, 6.45) is -2.14. The highest BCUT2D eigenvalue weighted by molar-refractivity contribution is 6.18. The summed E-state index contributed by atoms with van der Waals surface area (Å²) in [5, 5.41) is 27.8. The van der Waals surface area contributed by atoms with Crippen LogP contribution in [0.2, 0.25) is 0 Å². The molecule has 1 aliphatic heterocycles. The summed E-state index contributed by atoms with van der Waals surface area (Å²) < 4.78 is 5.72. The summed E-state index contributed by atoms with van der Waals surface area (Å²) in [7, 11) is 0. The molecule has 1 heterocycles. The number of rotatable bonds is 0. The summed E-state index contributed by atoms with van der Waals surface area (Å²) in [6.45, 7) is 0. The van der Waals surface area contributed by atoms with Crippen LogP contribution in [-0.4, -0.2) is 22.4 Å². The first-order valence-electron chi connectivity index (χ1n) is 8.62. The van der Waals surface area contributed by atoms with Crippen LogP contribution in [0, 0.1) is 0 Å². The second kappa shape index (κ2) is 4.58. The summed E-state index contributed by atoms with van der Waals surface area (Å²) >= 11 is 0. The molecule has 3 nitrogen and oxygen atoms in total. The van der Waals surface area contributed by atoms with Crippen LogP contribution in [-0.2, 0) is 4.74 Å². The zero-order chi connectivity index (χ0) is 16.7. The first-order valence-corrected chi connectivity index (χ1v) is 8.62. The molecule has 1 aliphatic carbocycles. The highest BCUT2D eigenvalue weighted by Crippen LogP contribution is 2.53. The van der Waals surface area contributed by atoms with E-state index in [1.165, 1.54) is 21.5 Å². The minimum Gasteiger partial charge on any atom is -0.387 e. The Labute approximate surface area is 144 Å². The lowest BCUT2D eigenvalue weighted by Gasteiger charge is -2.25. The topological polar surface area (TPSA) is 53.0 Å². The van der Waals surface area contributed by atoms with Gasteiger partial charge in [0.05, 0.1) is 0 Å². The minimum atomic E-state index is -0.890. The highest BCUT2D eigenvalue weighted by Gasteiger charge is 2.54. The largest absolute Gasteiger partial charge is 0.387 e. The van der Waals surface area contributed by atoms with Crippen LogP contribution in [0.15, 0.2) is 60.7 Å². The monoisotopic (exact) mass is 328 g/mol. The Morgan fingerprint density at radius 2 is 1.48 bits per heavy atom. The third-order valence-corrected chi connectivity index (χ3v) is 5.77. The summed E-state index contributed by atoms with van der Waals surface area (Å²) in [5.74, 6) is 0.